The maximum absolute atomic E-state index is 12.9. The fourth-order valence-electron chi connectivity index (χ4n) is 2.97. The van der Waals surface area contributed by atoms with E-state index in [1.807, 2.05) is 0 Å². The van der Waals surface area contributed by atoms with Crippen LogP contribution in [-0.2, 0) is 21.9 Å². The van der Waals surface area contributed by atoms with Gasteiger partial charge in [-0.3, -0.25) is 9.36 Å². The van der Waals surface area contributed by atoms with E-state index in [9.17, 15) is 18.0 Å². The Balaban J connectivity index is 1.88. The molecule has 3 aromatic rings. The number of hydrogen-bond donors (Lipinski definition) is 2. The van der Waals surface area contributed by atoms with Gasteiger partial charge in [0.25, 0.3) is 0 Å². The summed E-state index contributed by atoms with van der Waals surface area (Å²) in [6.45, 7) is 3.46. The maximum Gasteiger partial charge on any atom is 0.419 e. The lowest BCUT2D eigenvalue weighted by molar-refractivity contribution is -0.118. The number of carbonyl (C=O) groups excluding carboxylic acids is 1. The van der Waals surface area contributed by atoms with E-state index >= 15 is 0 Å². The van der Waals surface area contributed by atoms with E-state index in [0.29, 0.717) is 17.0 Å². The molecule has 160 valence electrons. The summed E-state index contributed by atoms with van der Waals surface area (Å²) >= 11 is 0. The van der Waals surface area contributed by atoms with Crippen molar-refractivity contribution in [3.63, 3.8) is 0 Å². The van der Waals surface area contributed by atoms with Crippen LogP contribution in [0.5, 0.6) is 5.75 Å². The van der Waals surface area contributed by atoms with Gasteiger partial charge in [0, 0.05) is 13.1 Å². The molecule has 0 saturated carbocycles. The predicted octanol–water partition coefficient (Wildman–Crippen LogP) is 2.08. The molecule has 30 heavy (non-hydrogen) atoms. The third kappa shape index (κ3) is 4.24. The fourth-order valence-corrected chi connectivity index (χ4v) is 4.33. The van der Waals surface area contributed by atoms with Gasteiger partial charge in [0.15, 0.2) is 5.58 Å². The highest BCUT2D eigenvalue weighted by molar-refractivity contribution is 7.89. The van der Waals surface area contributed by atoms with Crippen LogP contribution in [0, 0.1) is 5.92 Å². The summed E-state index contributed by atoms with van der Waals surface area (Å²) in [6.07, 6.45) is 0. The average Bonchev–Trinajstić information content (AvgIpc) is 2.99. The number of amides is 1. The normalized spacial score (nSPS) is 12.8. The smallest absolute Gasteiger partial charge is 0.419 e. The molecule has 0 aliphatic rings. The van der Waals surface area contributed by atoms with Crippen molar-refractivity contribution in [2.75, 3.05) is 12.4 Å². The first kappa shape index (κ1) is 21.6. The van der Waals surface area contributed by atoms with Gasteiger partial charge < -0.3 is 14.5 Å². The molecule has 0 unspecified atom stereocenters. The number of sulfonamides is 1. The predicted molar refractivity (Wildman–Crippen MR) is 112 cm³/mol. The van der Waals surface area contributed by atoms with Crippen molar-refractivity contribution >= 4 is 32.7 Å². The number of nitrogens with zero attached hydrogens (tertiary/aromatic N) is 1. The SMILES string of the molecule is COc1ccccc1NC(=O)[C@H](NS(=O)(=O)c1ccc2c(c1)oc(=O)n2C)C(C)C. The molecule has 10 heteroatoms. The van der Waals surface area contributed by atoms with Crippen LogP contribution in [-0.4, -0.2) is 32.0 Å². The number of fused-ring (bicyclic) bond motifs is 1. The van der Waals surface area contributed by atoms with Crippen LogP contribution >= 0.6 is 0 Å². The number of methoxy groups -OCH3 is 1. The van der Waals surface area contributed by atoms with E-state index in [-0.39, 0.29) is 16.4 Å². The van der Waals surface area contributed by atoms with Gasteiger partial charge in [-0.15, -0.1) is 0 Å². The molecule has 1 heterocycles. The second-order valence-electron chi connectivity index (χ2n) is 7.09. The molecule has 1 aromatic heterocycles. The summed E-state index contributed by atoms with van der Waals surface area (Å²) in [5, 5.41) is 2.70. The van der Waals surface area contributed by atoms with E-state index in [1.54, 1.807) is 38.1 Å². The van der Waals surface area contributed by atoms with Gasteiger partial charge in [0.05, 0.1) is 23.2 Å². The summed E-state index contributed by atoms with van der Waals surface area (Å²) in [5.41, 5.74) is 1.04. The van der Waals surface area contributed by atoms with Crippen LogP contribution in [0.25, 0.3) is 11.1 Å². The Bertz CT molecular complexity index is 1240. The van der Waals surface area contributed by atoms with Crippen LogP contribution in [0.2, 0.25) is 0 Å². The zero-order valence-corrected chi connectivity index (χ0v) is 17.8. The number of ether oxygens (including phenoxy) is 1. The quantitative estimate of drug-likeness (QED) is 0.589. The molecule has 1 atom stereocenters. The van der Waals surface area contributed by atoms with Gasteiger partial charge in [-0.25, -0.2) is 13.2 Å². The summed E-state index contributed by atoms with van der Waals surface area (Å²) in [5.74, 6) is -0.997. The van der Waals surface area contributed by atoms with Crippen molar-refractivity contribution in [2.45, 2.75) is 24.8 Å². The van der Waals surface area contributed by atoms with Gasteiger partial charge in [0.2, 0.25) is 15.9 Å². The third-order valence-corrected chi connectivity index (χ3v) is 6.11. The van der Waals surface area contributed by atoms with Gasteiger partial charge in [0.1, 0.15) is 11.8 Å². The highest BCUT2D eigenvalue weighted by Gasteiger charge is 2.29. The Hall–Kier alpha value is -3.11. The summed E-state index contributed by atoms with van der Waals surface area (Å²) < 4.78 is 39.8. The van der Waals surface area contributed by atoms with Crippen molar-refractivity contribution < 1.29 is 22.4 Å². The first-order chi connectivity index (χ1) is 14.1. The molecule has 0 bridgehead atoms. The molecule has 0 aliphatic carbocycles. The number of aromatic nitrogens is 1. The Morgan fingerprint density at radius 3 is 2.53 bits per heavy atom. The van der Waals surface area contributed by atoms with Crippen molar-refractivity contribution in [1.82, 2.24) is 9.29 Å². The van der Waals surface area contributed by atoms with Gasteiger partial charge in [-0.05, 0) is 30.2 Å². The second kappa shape index (κ2) is 8.33. The van der Waals surface area contributed by atoms with Crippen molar-refractivity contribution in [3.8, 4) is 5.75 Å². The molecule has 1 amide bonds. The van der Waals surface area contributed by atoms with Crippen molar-refractivity contribution in [2.24, 2.45) is 13.0 Å². The van der Waals surface area contributed by atoms with Crippen molar-refractivity contribution in [3.05, 3.63) is 53.0 Å². The minimum Gasteiger partial charge on any atom is -0.495 e. The Morgan fingerprint density at radius 2 is 1.87 bits per heavy atom. The Morgan fingerprint density at radius 1 is 1.17 bits per heavy atom. The lowest BCUT2D eigenvalue weighted by Crippen LogP contribution is -2.47. The number of anilines is 1. The van der Waals surface area contributed by atoms with E-state index in [4.69, 9.17) is 9.15 Å². The highest BCUT2D eigenvalue weighted by Crippen LogP contribution is 2.24. The van der Waals surface area contributed by atoms with Crippen LogP contribution in [0.15, 0.2) is 56.6 Å². The number of carbonyl (C=O) groups is 1. The van der Waals surface area contributed by atoms with Gasteiger partial charge in [-0.2, -0.15) is 4.72 Å². The van der Waals surface area contributed by atoms with Crippen LogP contribution in [0.3, 0.4) is 0 Å². The second-order valence-corrected chi connectivity index (χ2v) is 8.80. The molecular formula is C20H23N3O6S. The van der Waals surface area contributed by atoms with E-state index in [2.05, 4.69) is 10.0 Å². The number of hydrogen-bond acceptors (Lipinski definition) is 6. The van der Waals surface area contributed by atoms with Crippen LogP contribution < -0.4 is 20.5 Å². The van der Waals surface area contributed by atoms with Gasteiger partial charge in [-0.1, -0.05) is 26.0 Å². The number of para-hydroxylation sites is 2. The molecular weight excluding hydrogens is 410 g/mol. The largest absolute Gasteiger partial charge is 0.495 e. The fraction of sp³-hybridized carbons (Fsp3) is 0.300. The zero-order valence-electron chi connectivity index (χ0n) is 17.0. The summed E-state index contributed by atoms with van der Waals surface area (Å²) in [6, 6.07) is 9.89. The zero-order chi connectivity index (χ0) is 22.1. The summed E-state index contributed by atoms with van der Waals surface area (Å²) in [4.78, 5) is 24.4. The molecule has 0 radical (unpaired) electrons. The van der Waals surface area contributed by atoms with E-state index in [1.165, 1.54) is 36.9 Å². The monoisotopic (exact) mass is 433 g/mol. The number of benzene rings is 2. The minimum atomic E-state index is -4.07. The highest BCUT2D eigenvalue weighted by atomic mass is 32.2. The number of aryl methyl sites for hydroxylation is 1. The van der Waals surface area contributed by atoms with E-state index in [0.717, 1.165) is 0 Å². The lowest BCUT2D eigenvalue weighted by Gasteiger charge is -2.22. The Kier molecular flexibility index (Phi) is 5.99. The lowest BCUT2D eigenvalue weighted by atomic mass is 10.0. The molecule has 9 nitrogen and oxygen atoms in total. The third-order valence-electron chi connectivity index (χ3n) is 4.67. The summed E-state index contributed by atoms with van der Waals surface area (Å²) in [7, 11) is -1.06. The standard InChI is InChI=1S/C20H23N3O6S/c1-12(2)18(19(24)21-14-7-5-6-8-16(14)28-4)22-30(26,27)13-9-10-15-17(11-13)29-20(25)23(15)3/h5-12,18,22H,1-4H3,(H,21,24)/t18-/m1/s1. The number of nitrogens with one attached hydrogen (secondary N) is 2. The Labute approximate surface area is 173 Å². The van der Waals surface area contributed by atoms with E-state index < -0.39 is 27.7 Å². The molecule has 0 aliphatic heterocycles. The molecule has 0 saturated heterocycles. The number of oxazole rings is 1. The topological polar surface area (TPSA) is 120 Å². The molecule has 2 N–H and O–H groups in total. The van der Waals surface area contributed by atoms with Crippen molar-refractivity contribution in [1.29, 1.82) is 0 Å². The minimum absolute atomic E-state index is 0.111. The van der Waals surface area contributed by atoms with Crippen LogP contribution in [0.4, 0.5) is 5.69 Å². The first-order valence-corrected chi connectivity index (χ1v) is 10.7. The molecule has 2 aromatic carbocycles. The van der Waals surface area contributed by atoms with Crippen LogP contribution in [0.1, 0.15) is 13.8 Å². The first-order valence-electron chi connectivity index (χ1n) is 9.20. The molecule has 3 rings (SSSR count). The number of rotatable bonds is 7. The average molecular weight is 433 g/mol. The van der Waals surface area contributed by atoms with Gasteiger partial charge >= 0.3 is 5.76 Å². The molecule has 0 fully saturated rings. The maximum atomic E-state index is 12.9. The molecule has 0 spiro atoms.